The lowest BCUT2D eigenvalue weighted by molar-refractivity contribution is -0.117. The van der Waals surface area contributed by atoms with Gasteiger partial charge in [-0.1, -0.05) is 25.1 Å². The molecule has 162 valence electrons. The van der Waals surface area contributed by atoms with Gasteiger partial charge in [-0.2, -0.15) is 0 Å². The third-order valence-electron chi connectivity index (χ3n) is 6.00. The van der Waals surface area contributed by atoms with E-state index in [1.54, 1.807) is 29.2 Å². The fourth-order valence-corrected chi connectivity index (χ4v) is 3.85. The minimum Gasteiger partial charge on any atom is -0.349 e. The van der Waals surface area contributed by atoms with Crippen molar-refractivity contribution in [2.75, 3.05) is 23.7 Å². The van der Waals surface area contributed by atoms with Gasteiger partial charge in [-0.3, -0.25) is 9.59 Å². The molecule has 0 radical (unpaired) electrons. The number of piperidine rings is 1. The van der Waals surface area contributed by atoms with Gasteiger partial charge in [0.05, 0.1) is 0 Å². The molecule has 7 heteroatoms. The number of benzene rings is 2. The van der Waals surface area contributed by atoms with Gasteiger partial charge in [0.2, 0.25) is 5.91 Å². The van der Waals surface area contributed by atoms with Crippen molar-refractivity contribution < 1.29 is 14.4 Å². The summed E-state index contributed by atoms with van der Waals surface area (Å²) in [5, 5.41) is 8.85. The van der Waals surface area contributed by atoms with E-state index in [1.807, 2.05) is 30.3 Å². The van der Waals surface area contributed by atoms with Crippen molar-refractivity contribution in [3.63, 3.8) is 0 Å². The summed E-state index contributed by atoms with van der Waals surface area (Å²) in [5.74, 6) is 0.484. The summed E-state index contributed by atoms with van der Waals surface area (Å²) < 4.78 is 0. The van der Waals surface area contributed by atoms with Crippen molar-refractivity contribution in [2.24, 2.45) is 11.8 Å². The van der Waals surface area contributed by atoms with Crippen LogP contribution >= 0.6 is 0 Å². The van der Waals surface area contributed by atoms with Crippen molar-refractivity contribution >= 4 is 29.2 Å². The van der Waals surface area contributed by atoms with Crippen LogP contribution in [0.3, 0.4) is 0 Å². The molecule has 4 rings (SSSR count). The van der Waals surface area contributed by atoms with Crippen molar-refractivity contribution in [2.45, 2.75) is 32.2 Å². The molecule has 1 heterocycles. The van der Waals surface area contributed by atoms with E-state index in [9.17, 15) is 14.4 Å². The highest BCUT2D eigenvalue weighted by Gasteiger charge is 2.39. The summed E-state index contributed by atoms with van der Waals surface area (Å²) in [6.45, 7) is 3.25. The van der Waals surface area contributed by atoms with Crippen molar-refractivity contribution in [3.05, 3.63) is 60.2 Å². The number of anilines is 2. The van der Waals surface area contributed by atoms with Gasteiger partial charge in [-0.15, -0.1) is 0 Å². The van der Waals surface area contributed by atoms with Gasteiger partial charge in [0.1, 0.15) is 0 Å². The summed E-state index contributed by atoms with van der Waals surface area (Å²) in [5.41, 5.74) is 2.04. The first kappa shape index (κ1) is 20.9. The van der Waals surface area contributed by atoms with Crippen LogP contribution in [0.5, 0.6) is 0 Å². The largest absolute Gasteiger partial charge is 0.349 e. The molecule has 4 amide bonds. The lowest BCUT2D eigenvalue weighted by atomic mass is 10.0. The lowest BCUT2D eigenvalue weighted by Crippen LogP contribution is -2.47. The average Bonchev–Trinajstić information content (AvgIpc) is 3.52. The molecule has 2 atom stereocenters. The SMILES string of the molecule is CC1CC1C(=O)Nc1ccc(C(=O)NC2CCN(C(=O)Nc3ccccc3)CC2)cc1. The molecule has 1 saturated carbocycles. The monoisotopic (exact) mass is 420 g/mol. The van der Waals surface area contributed by atoms with E-state index >= 15 is 0 Å². The molecule has 1 saturated heterocycles. The topological polar surface area (TPSA) is 90.5 Å². The Balaban J connectivity index is 1.22. The molecule has 31 heavy (non-hydrogen) atoms. The molecule has 2 aromatic rings. The summed E-state index contributed by atoms with van der Waals surface area (Å²) in [6, 6.07) is 16.3. The maximum atomic E-state index is 12.6. The Morgan fingerprint density at radius 1 is 0.871 bits per heavy atom. The second-order valence-corrected chi connectivity index (χ2v) is 8.42. The minimum absolute atomic E-state index is 0.0315. The Hall–Kier alpha value is -3.35. The standard InChI is InChI=1S/C24H28N4O3/c1-16-15-21(16)23(30)26-19-9-7-17(8-10-19)22(29)25-20-11-13-28(14-12-20)24(31)27-18-5-3-2-4-6-18/h2-10,16,20-21H,11-15H2,1H3,(H,25,29)(H,26,30)(H,27,31). The van der Waals surface area contributed by atoms with Crippen LogP contribution in [0.1, 0.15) is 36.5 Å². The van der Waals surface area contributed by atoms with Crippen molar-refractivity contribution in [1.29, 1.82) is 0 Å². The van der Waals surface area contributed by atoms with E-state index in [0.717, 1.165) is 12.1 Å². The number of nitrogens with zero attached hydrogens (tertiary/aromatic N) is 1. The smallest absolute Gasteiger partial charge is 0.321 e. The molecule has 0 aromatic heterocycles. The maximum absolute atomic E-state index is 12.6. The number of urea groups is 1. The van der Waals surface area contributed by atoms with Crippen LogP contribution in [0.25, 0.3) is 0 Å². The first-order valence-electron chi connectivity index (χ1n) is 10.8. The summed E-state index contributed by atoms with van der Waals surface area (Å²) in [4.78, 5) is 38.8. The molecule has 2 fully saturated rings. The highest BCUT2D eigenvalue weighted by Crippen LogP contribution is 2.38. The Morgan fingerprint density at radius 3 is 2.10 bits per heavy atom. The van der Waals surface area contributed by atoms with Gasteiger partial charge in [-0.25, -0.2) is 4.79 Å². The molecule has 2 unspecified atom stereocenters. The Labute approximate surface area is 182 Å². The van der Waals surface area contributed by atoms with Gasteiger partial charge in [0, 0.05) is 42.0 Å². The molecule has 1 aliphatic carbocycles. The quantitative estimate of drug-likeness (QED) is 0.689. The molecule has 0 spiro atoms. The highest BCUT2D eigenvalue weighted by molar-refractivity contribution is 5.97. The first-order chi connectivity index (χ1) is 15.0. The number of amides is 4. The molecular weight excluding hydrogens is 392 g/mol. The number of para-hydroxylation sites is 1. The van der Waals surface area contributed by atoms with Crippen LogP contribution in [0.4, 0.5) is 16.2 Å². The Bertz CT molecular complexity index is 937. The van der Waals surface area contributed by atoms with E-state index in [4.69, 9.17) is 0 Å². The van der Waals surface area contributed by atoms with Crippen LogP contribution in [-0.4, -0.2) is 41.9 Å². The maximum Gasteiger partial charge on any atom is 0.321 e. The van der Waals surface area contributed by atoms with E-state index in [2.05, 4.69) is 22.9 Å². The van der Waals surface area contributed by atoms with Crippen molar-refractivity contribution in [1.82, 2.24) is 10.2 Å². The van der Waals surface area contributed by atoms with E-state index in [1.165, 1.54) is 0 Å². The normalized spacial score (nSPS) is 20.6. The number of carbonyl (C=O) groups excluding carboxylic acids is 3. The fraction of sp³-hybridized carbons (Fsp3) is 0.375. The molecule has 2 aromatic carbocycles. The number of likely N-dealkylation sites (tertiary alicyclic amines) is 1. The Morgan fingerprint density at radius 2 is 1.48 bits per heavy atom. The van der Waals surface area contributed by atoms with Gasteiger partial charge in [0.15, 0.2) is 0 Å². The molecule has 1 aliphatic heterocycles. The second-order valence-electron chi connectivity index (χ2n) is 8.42. The Kier molecular flexibility index (Phi) is 6.21. The summed E-state index contributed by atoms with van der Waals surface area (Å²) >= 11 is 0. The zero-order chi connectivity index (χ0) is 21.8. The summed E-state index contributed by atoms with van der Waals surface area (Å²) in [6.07, 6.45) is 2.36. The number of nitrogens with one attached hydrogen (secondary N) is 3. The third-order valence-corrected chi connectivity index (χ3v) is 6.00. The van der Waals surface area contributed by atoms with Crippen LogP contribution < -0.4 is 16.0 Å². The second kappa shape index (κ2) is 9.20. The predicted octanol–water partition coefficient (Wildman–Crippen LogP) is 3.71. The van der Waals surface area contributed by atoms with Gasteiger partial charge >= 0.3 is 6.03 Å². The molecule has 7 nitrogen and oxygen atoms in total. The van der Waals surface area contributed by atoms with Gasteiger partial charge in [0.25, 0.3) is 5.91 Å². The van der Waals surface area contributed by atoms with Crippen LogP contribution in [0.15, 0.2) is 54.6 Å². The predicted molar refractivity (Wildman–Crippen MR) is 120 cm³/mol. The number of carbonyl (C=O) groups is 3. The van der Waals surface area contributed by atoms with E-state index < -0.39 is 0 Å². The van der Waals surface area contributed by atoms with Gasteiger partial charge < -0.3 is 20.9 Å². The van der Waals surface area contributed by atoms with Crippen LogP contribution in [0.2, 0.25) is 0 Å². The van der Waals surface area contributed by atoms with E-state index in [-0.39, 0.29) is 29.8 Å². The molecular formula is C24H28N4O3. The van der Waals surface area contributed by atoms with Crippen molar-refractivity contribution in [3.8, 4) is 0 Å². The fourth-order valence-electron chi connectivity index (χ4n) is 3.85. The third kappa shape index (κ3) is 5.42. The average molecular weight is 421 g/mol. The molecule has 3 N–H and O–H groups in total. The van der Waals surface area contributed by atoms with Crippen LogP contribution in [0, 0.1) is 11.8 Å². The highest BCUT2D eigenvalue weighted by atomic mass is 16.2. The number of rotatable bonds is 5. The first-order valence-corrected chi connectivity index (χ1v) is 10.8. The van der Waals surface area contributed by atoms with E-state index in [0.29, 0.717) is 43.1 Å². The minimum atomic E-state index is -0.138. The molecule has 2 aliphatic rings. The lowest BCUT2D eigenvalue weighted by Gasteiger charge is -2.32. The van der Waals surface area contributed by atoms with Gasteiger partial charge in [-0.05, 0) is 61.6 Å². The summed E-state index contributed by atoms with van der Waals surface area (Å²) in [7, 11) is 0. The zero-order valence-electron chi connectivity index (χ0n) is 17.6. The molecule has 0 bridgehead atoms. The zero-order valence-corrected chi connectivity index (χ0v) is 17.6. The van der Waals surface area contributed by atoms with Crippen LogP contribution in [-0.2, 0) is 4.79 Å². The number of hydrogen-bond acceptors (Lipinski definition) is 3. The number of hydrogen-bond donors (Lipinski definition) is 3.